The summed E-state index contributed by atoms with van der Waals surface area (Å²) < 4.78 is 0. The molecule has 3 heterocycles. The second-order valence-corrected chi connectivity index (χ2v) is 18.7. The molecule has 0 N–H and O–H groups in total. The fourth-order valence-electron chi connectivity index (χ4n) is 8.45. The van der Waals surface area contributed by atoms with Gasteiger partial charge in [-0.05, 0) is 69.0 Å². The van der Waals surface area contributed by atoms with Gasteiger partial charge in [-0.15, -0.1) is 0 Å². The van der Waals surface area contributed by atoms with Crippen molar-refractivity contribution >= 4 is 92.5 Å². The molecule has 0 unspecified atom stereocenters. The van der Waals surface area contributed by atoms with Crippen molar-refractivity contribution in [1.29, 1.82) is 0 Å². The van der Waals surface area contributed by atoms with Gasteiger partial charge in [0.05, 0.1) is 5.69 Å². The average Bonchev–Trinajstić information content (AvgIpc) is 3.15. The maximum atomic E-state index is 2.60. The highest BCUT2D eigenvalue weighted by Crippen LogP contribution is 2.48. The molecule has 0 saturated carbocycles. The molecule has 10 rings (SSSR count). The van der Waals surface area contributed by atoms with E-state index in [2.05, 4.69) is 176 Å². The minimum absolute atomic E-state index is 0.209. The number of hydrogen-bond donors (Lipinski definition) is 0. The summed E-state index contributed by atoms with van der Waals surface area (Å²) in [5.41, 5.74) is 9.48. The number of rotatable bonds is 3. The summed E-state index contributed by atoms with van der Waals surface area (Å²) in [6.45, 7) is 2.53. The van der Waals surface area contributed by atoms with Gasteiger partial charge in [0.1, 0.15) is 0 Å². The summed E-state index contributed by atoms with van der Waals surface area (Å²) in [7, 11) is -2.68. The van der Waals surface area contributed by atoms with Crippen molar-refractivity contribution in [1.82, 2.24) is 0 Å². The first-order valence-corrected chi connectivity index (χ1v) is 20.2. The molecule has 48 heavy (non-hydrogen) atoms. The predicted octanol–water partition coefficient (Wildman–Crippen LogP) is 6.60. The Kier molecular flexibility index (Phi) is 6.45. The SMILES string of the molecule is Cc1cc(N2c3ccccc3[Si](c3ccccc3)(c3ccccc3)c3ccccc32)c2c3c1Sc1ccccc1B3c1ccccc1S2. The molecule has 0 aliphatic carbocycles. The van der Waals surface area contributed by atoms with Gasteiger partial charge in [0.2, 0.25) is 6.71 Å². The monoisotopic (exact) mass is 663 g/mol. The van der Waals surface area contributed by atoms with E-state index >= 15 is 0 Å². The van der Waals surface area contributed by atoms with Crippen LogP contribution in [0.4, 0.5) is 17.1 Å². The van der Waals surface area contributed by atoms with Gasteiger partial charge in [0.25, 0.3) is 0 Å². The molecule has 0 amide bonds. The van der Waals surface area contributed by atoms with E-state index in [1.807, 2.05) is 23.5 Å². The summed E-state index contributed by atoms with van der Waals surface area (Å²) in [6.07, 6.45) is 0. The molecular weight excluding hydrogens is 634 g/mol. The topological polar surface area (TPSA) is 3.24 Å². The van der Waals surface area contributed by atoms with E-state index in [0.717, 1.165) is 0 Å². The van der Waals surface area contributed by atoms with E-state index in [0.29, 0.717) is 0 Å². The third kappa shape index (κ3) is 3.90. The first-order valence-electron chi connectivity index (χ1n) is 16.6. The number of anilines is 3. The minimum Gasteiger partial charge on any atom is -0.310 e. The summed E-state index contributed by atoms with van der Waals surface area (Å²) in [5.74, 6) is 0. The van der Waals surface area contributed by atoms with Gasteiger partial charge in [-0.2, -0.15) is 0 Å². The average molecular weight is 664 g/mol. The van der Waals surface area contributed by atoms with Gasteiger partial charge in [0, 0.05) is 31.0 Å². The van der Waals surface area contributed by atoms with Gasteiger partial charge in [-0.3, -0.25) is 0 Å². The predicted molar refractivity (Wildman–Crippen MR) is 209 cm³/mol. The molecule has 3 aliphatic heterocycles. The number of nitrogens with zero attached hydrogens (tertiary/aromatic N) is 1. The van der Waals surface area contributed by atoms with Crippen molar-refractivity contribution in [2.75, 3.05) is 4.90 Å². The molecule has 7 aromatic carbocycles. The summed E-state index contributed by atoms with van der Waals surface area (Å²) in [4.78, 5) is 8.11. The van der Waals surface area contributed by atoms with Crippen LogP contribution in [-0.4, -0.2) is 14.8 Å². The molecule has 0 aromatic heterocycles. The Balaban J connectivity index is 1.30. The smallest absolute Gasteiger partial charge is 0.247 e. The summed E-state index contributed by atoms with van der Waals surface area (Å²) >= 11 is 3.90. The number of para-hydroxylation sites is 2. The fraction of sp³-hybridized carbons (Fsp3) is 0.0233. The van der Waals surface area contributed by atoms with Gasteiger partial charge in [-0.1, -0.05) is 168 Å². The quantitative estimate of drug-likeness (QED) is 0.196. The van der Waals surface area contributed by atoms with Gasteiger partial charge in [-0.25, -0.2) is 0 Å². The lowest BCUT2D eigenvalue weighted by Crippen LogP contribution is -2.77. The van der Waals surface area contributed by atoms with Crippen LogP contribution in [0, 0.1) is 6.92 Å². The molecule has 5 heteroatoms. The third-order valence-electron chi connectivity index (χ3n) is 10.4. The molecular formula is C43H30BNS2Si. The van der Waals surface area contributed by atoms with E-state index in [4.69, 9.17) is 0 Å². The van der Waals surface area contributed by atoms with Crippen LogP contribution < -0.4 is 42.0 Å². The van der Waals surface area contributed by atoms with Crippen molar-refractivity contribution in [3.8, 4) is 0 Å². The summed E-state index contributed by atoms with van der Waals surface area (Å²) in [5, 5.41) is 5.69. The van der Waals surface area contributed by atoms with Crippen LogP contribution in [0.15, 0.2) is 183 Å². The standard InChI is InChI=1S/C43H30BNS2Si/c1-29-28-36(43-41-42(29)46-37-24-12-8-20-32(37)44(41)33-21-9-13-25-38(33)47-43)45-34-22-10-14-26-39(34)48(30-16-4-2-5-17-30,31-18-6-3-7-19-31)40-27-15-11-23-35(40)45/h2-28H,1H3. The van der Waals surface area contributed by atoms with E-state index in [1.54, 1.807) is 0 Å². The zero-order valence-electron chi connectivity index (χ0n) is 26.4. The zero-order chi connectivity index (χ0) is 31.8. The van der Waals surface area contributed by atoms with Crippen LogP contribution in [0.2, 0.25) is 0 Å². The Morgan fingerprint density at radius 2 is 0.938 bits per heavy atom. The Morgan fingerprint density at radius 3 is 1.50 bits per heavy atom. The van der Waals surface area contributed by atoms with E-state index < -0.39 is 8.07 Å². The van der Waals surface area contributed by atoms with E-state index in [1.165, 1.54) is 79.3 Å². The molecule has 0 saturated heterocycles. The molecule has 7 aromatic rings. The van der Waals surface area contributed by atoms with Crippen molar-refractivity contribution in [2.24, 2.45) is 0 Å². The highest BCUT2D eigenvalue weighted by atomic mass is 32.2. The number of aryl methyl sites for hydroxylation is 1. The fourth-order valence-corrected chi connectivity index (χ4v) is 16.1. The second kappa shape index (κ2) is 10.9. The normalized spacial score (nSPS) is 14.7. The largest absolute Gasteiger partial charge is 0.310 e. The number of hydrogen-bond acceptors (Lipinski definition) is 3. The van der Waals surface area contributed by atoms with Crippen molar-refractivity contribution in [3.05, 3.63) is 169 Å². The lowest BCUT2D eigenvalue weighted by molar-refractivity contribution is 1.18. The van der Waals surface area contributed by atoms with Crippen LogP contribution in [0.25, 0.3) is 0 Å². The molecule has 0 fully saturated rings. The van der Waals surface area contributed by atoms with Crippen LogP contribution in [0.1, 0.15) is 5.56 Å². The first-order chi connectivity index (χ1) is 23.7. The van der Waals surface area contributed by atoms with E-state index in [-0.39, 0.29) is 6.71 Å². The Hall–Kier alpha value is -4.68. The van der Waals surface area contributed by atoms with Crippen molar-refractivity contribution < 1.29 is 0 Å². The number of benzene rings is 7. The highest BCUT2D eigenvalue weighted by molar-refractivity contribution is 8.01. The van der Waals surface area contributed by atoms with E-state index in [9.17, 15) is 0 Å². The van der Waals surface area contributed by atoms with Crippen LogP contribution in [0.5, 0.6) is 0 Å². The molecule has 0 atom stereocenters. The minimum atomic E-state index is -2.68. The molecule has 0 radical (unpaired) electrons. The molecule has 1 nitrogen and oxygen atoms in total. The molecule has 0 spiro atoms. The van der Waals surface area contributed by atoms with Gasteiger partial charge in [0.15, 0.2) is 8.07 Å². The molecule has 3 aliphatic rings. The number of fused-ring (bicyclic) bond motifs is 6. The second-order valence-electron chi connectivity index (χ2n) is 12.8. The van der Waals surface area contributed by atoms with Crippen molar-refractivity contribution in [3.63, 3.8) is 0 Å². The van der Waals surface area contributed by atoms with Crippen molar-refractivity contribution in [2.45, 2.75) is 26.5 Å². The zero-order valence-corrected chi connectivity index (χ0v) is 29.1. The highest BCUT2D eigenvalue weighted by Gasteiger charge is 2.49. The Bertz CT molecular complexity index is 2290. The lowest BCUT2D eigenvalue weighted by Gasteiger charge is -2.46. The molecule has 226 valence electrons. The van der Waals surface area contributed by atoms with Crippen LogP contribution in [-0.2, 0) is 0 Å². The van der Waals surface area contributed by atoms with Gasteiger partial charge < -0.3 is 4.90 Å². The third-order valence-corrected chi connectivity index (χ3v) is 17.8. The Morgan fingerprint density at radius 1 is 0.479 bits per heavy atom. The van der Waals surface area contributed by atoms with Crippen LogP contribution in [0.3, 0.4) is 0 Å². The lowest BCUT2D eigenvalue weighted by atomic mass is 9.36. The Labute approximate surface area is 291 Å². The van der Waals surface area contributed by atoms with Gasteiger partial charge >= 0.3 is 0 Å². The summed E-state index contributed by atoms with van der Waals surface area (Å²) in [6, 6.07) is 61.7. The molecule has 0 bridgehead atoms. The van der Waals surface area contributed by atoms with Crippen LogP contribution >= 0.6 is 23.5 Å². The maximum Gasteiger partial charge on any atom is 0.247 e. The first kappa shape index (κ1) is 28.3. The maximum absolute atomic E-state index is 2.68.